The molecule has 1 saturated heterocycles. The summed E-state index contributed by atoms with van der Waals surface area (Å²) in [5.41, 5.74) is 2.48. The molecule has 0 amide bonds. The van der Waals surface area contributed by atoms with Gasteiger partial charge in [0.15, 0.2) is 0 Å². The van der Waals surface area contributed by atoms with Crippen LogP contribution in [0.2, 0.25) is 0 Å². The molecule has 3 N–H and O–H groups in total. The highest BCUT2D eigenvalue weighted by atomic mass is 16.5. The highest BCUT2D eigenvalue weighted by molar-refractivity contribution is 5.30. The summed E-state index contributed by atoms with van der Waals surface area (Å²) in [7, 11) is 0. The Labute approximate surface area is 127 Å². The number of rotatable bonds is 1. The van der Waals surface area contributed by atoms with E-state index in [-0.39, 0.29) is 17.6 Å². The van der Waals surface area contributed by atoms with Crippen molar-refractivity contribution in [2.45, 2.75) is 44.2 Å². The molecule has 0 aromatic heterocycles. The van der Waals surface area contributed by atoms with E-state index < -0.39 is 0 Å². The quantitative estimate of drug-likeness (QED) is 0.857. The number of aliphatic hydroxyl groups excluding tert-OH is 1. The molecular weight excluding hydrogens is 266 g/mol. The third-order valence-corrected chi connectivity index (χ3v) is 4.70. The van der Waals surface area contributed by atoms with Gasteiger partial charge in [0.05, 0.1) is 19.3 Å². The van der Waals surface area contributed by atoms with Gasteiger partial charge < -0.3 is 15.3 Å². The van der Waals surface area contributed by atoms with Gasteiger partial charge in [0.2, 0.25) is 0 Å². The summed E-state index contributed by atoms with van der Waals surface area (Å²) in [5.74, 6) is 0. The van der Waals surface area contributed by atoms with Crippen LogP contribution in [0.3, 0.4) is 0 Å². The lowest BCUT2D eigenvalue weighted by molar-refractivity contribution is -0.0257. The summed E-state index contributed by atoms with van der Waals surface area (Å²) >= 11 is 0. The molecule has 0 spiro atoms. The summed E-state index contributed by atoms with van der Waals surface area (Å²) < 4.78 is 5.45. The molecular formula is C17H27NO3. The predicted octanol–water partition coefficient (Wildman–Crippen LogP) is 1.71. The van der Waals surface area contributed by atoms with Crippen molar-refractivity contribution in [3.05, 3.63) is 35.4 Å². The minimum atomic E-state index is -0.359. The third-order valence-electron chi connectivity index (χ3n) is 4.70. The van der Waals surface area contributed by atoms with E-state index in [0.717, 1.165) is 44.7 Å². The molecule has 0 radical (unpaired) electrons. The molecule has 0 unspecified atom stereocenters. The highest BCUT2D eigenvalue weighted by Gasteiger charge is 2.29. The molecule has 4 heteroatoms. The summed E-state index contributed by atoms with van der Waals surface area (Å²) in [6.07, 6.45) is 5.55. The first-order chi connectivity index (χ1) is 9.86. The molecule has 3 rings (SSSR count). The number of hydrogen-bond donors (Lipinski definition) is 1. The maximum absolute atomic E-state index is 10.9. The average Bonchev–Trinajstić information content (AvgIpc) is 2.58. The minimum absolute atomic E-state index is 0. The zero-order valence-corrected chi connectivity index (χ0v) is 12.6. The summed E-state index contributed by atoms with van der Waals surface area (Å²) in [6.45, 7) is 3.49. The number of morpholine rings is 1. The van der Waals surface area contributed by atoms with Gasteiger partial charge in [-0.1, -0.05) is 37.1 Å². The molecule has 2 aliphatic rings. The maximum Gasteiger partial charge on any atom is 0.0947 e. The maximum atomic E-state index is 10.9. The van der Waals surface area contributed by atoms with Crippen LogP contribution in [0.1, 0.15) is 42.9 Å². The molecule has 118 valence electrons. The lowest BCUT2D eigenvalue weighted by Gasteiger charge is -2.37. The first-order valence-electron chi connectivity index (χ1n) is 7.94. The van der Waals surface area contributed by atoms with E-state index in [1.807, 2.05) is 0 Å². The van der Waals surface area contributed by atoms with E-state index in [4.69, 9.17) is 4.74 Å². The summed E-state index contributed by atoms with van der Waals surface area (Å²) in [5, 5.41) is 10.9. The summed E-state index contributed by atoms with van der Waals surface area (Å²) in [4.78, 5) is 2.43. The van der Waals surface area contributed by atoms with Crippen LogP contribution in [0.25, 0.3) is 0 Å². The van der Waals surface area contributed by atoms with Gasteiger partial charge in [-0.15, -0.1) is 0 Å². The van der Waals surface area contributed by atoms with Gasteiger partial charge in [0.25, 0.3) is 0 Å². The number of benzene rings is 1. The van der Waals surface area contributed by atoms with Crippen molar-refractivity contribution in [2.75, 3.05) is 26.3 Å². The van der Waals surface area contributed by atoms with Crippen molar-refractivity contribution in [1.82, 2.24) is 4.90 Å². The Balaban J connectivity index is 0.00000161. The lowest BCUT2D eigenvalue weighted by atomic mass is 9.93. The predicted molar refractivity (Wildman–Crippen MR) is 83.4 cm³/mol. The van der Waals surface area contributed by atoms with Crippen LogP contribution in [0, 0.1) is 0 Å². The van der Waals surface area contributed by atoms with Gasteiger partial charge in [-0.05, 0) is 30.4 Å². The van der Waals surface area contributed by atoms with Crippen LogP contribution < -0.4 is 0 Å². The molecule has 1 aromatic rings. The smallest absolute Gasteiger partial charge is 0.0947 e. The molecule has 1 aromatic carbocycles. The normalized spacial score (nSPS) is 27.7. The van der Waals surface area contributed by atoms with Crippen molar-refractivity contribution in [2.24, 2.45) is 0 Å². The minimum Gasteiger partial charge on any atom is -0.412 e. The molecule has 0 bridgehead atoms. The van der Waals surface area contributed by atoms with E-state index in [9.17, 15) is 5.11 Å². The molecule has 2 atom stereocenters. The van der Waals surface area contributed by atoms with Crippen LogP contribution in [-0.4, -0.2) is 47.8 Å². The van der Waals surface area contributed by atoms with Gasteiger partial charge in [-0.2, -0.15) is 0 Å². The zero-order chi connectivity index (χ0) is 13.8. The number of fused-ring (bicyclic) bond motifs is 1. The van der Waals surface area contributed by atoms with Crippen molar-refractivity contribution >= 4 is 0 Å². The van der Waals surface area contributed by atoms with Crippen molar-refractivity contribution < 1.29 is 15.3 Å². The Morgan fingerprint density at radius 2 is 1.81 bits per heavy atom. The zero-order valence-electron chi connectivity index (χ0n) is 12.6. The average molecular weight is 293 g/mol. The fraction of sp³-hybridized carbons (Fsp3) is 0.647. The van der Waals surface area contributed by atoms with Crippen LogP contribution >= 0.6 is 0 Å². The van der Waals surface area contributed by atoms with E-state index in [0.29, 0.717) is 0 Å². The molecule has 1 heterocycles. The number of ether oxygens (including phenoxy) is 1. The Hall–Kier alpha value is -0.940. The largest absolute Gasteiger partial charge is 0.412 e. The fourth-order valence-corrected chi connectivity index (χ4v) is 3.55. The standard InChI is InChI=1S/C17H25NO2.H2O/c19-17-15-8-5-4-7-14(15)6-2-1-3-9-16(17)18-10-12-20-13-11-18;/h4-5,7-8,16-17,19H,1-3,6,9-13H2;1H2/t16-,17+;/m0./s1. The molecule has 1 fully saturated rings. The van der Waals surface area contributed by atoms with Gasteiger partial charge in [-0.3, -0.25) is 4.90 Å². The second-order valence-electron chi connectivity index (χ2n) is 5.96. The van der Waals surface area contributed by atoms with Crippen molar-refractivity contribution in [3.63, 3.8) is 0 Å². The number of hydrogen-bond acceptors (Lipinski definition) is 3. The third kappa shape index (κ3) is 3.83. The van der Waals surface area contributed by atoms with Gasteiger partial charge in [0, 0.05) is 19.1 Å². The monoisotopic (exact) mass is 293 g/mol. The Bertz CT molecular complexity index is 432. The van der Waals surface area contributed by atoms with Gasteiger partial charge in [-0.25, -0.2) is 0 Å². The second kappa shape index (κ2) is 7.90. The van der Waals surface area contributed by atoms with E-state index in [1.165, 1.54) is 24.8 Å². The number of aliphatic hydroxyl groups is 1. The lowest BCUT2D eigenvalue weighted by Crippen LogP contribution is -2.46. The Morgan fingerprint density at radius 3 is 2.62 bits per heavy atom. The van der Waals surface area contributed by atoms with E-state index >= 15 is 0 Å². The topological polar surface area (TPSA) is 64.2 Å². The molecule has 1 aliphatic carbocycles. The van der Waals surface area contributed by atoms with E-state index in [2.05, 4.69) is 29.2 Å². The Morgan fingerprint density at radius 1 is 1.05 bits per heavy atom. The van der Waals surface area contributed by atoms with E-state index in [1.54, 1.807) is 0 Å². The Kier molecular flexibility index (Phi) is 6.18. The van der Waals surface area contributed by atoms with Crippen molar-refractivity contribution in [3.8, 4) is 0 Å². The summed E-state index contributed by atoms with van der Waals surface area (Å²) in [6, 6.07) is 8.68. The van der Waals surface area contributed by atoms with Crippen LogP contribution in [-0.2, 0) is 11.2 Å². The first-order valence-corrected chi connectivity index (χ1v) is 7.94. The SMILES string of the molecule is O.O[C@@H]1c2ccccc2CCCCC[C@@H]1N1CCOCC1. The highest BCUT2D eigenvalue weighted by Crippen LogP contribution is 2.30. The number of aryl methyl sites for hydroxylation is 1. The molecule has 0 saturated carbocycles. The second-order valence-corrected chi connectivity index (χ2v) is 5.96. The first kappa shape index (κ1) is 16.4. The molecule has 1 aliphatic heterocycles. The van der Waals surface area contributed by atoms with Gasteiger partial charge >= 0.3 is 0 Å². The fourth-order valence-electron chi connectivity index (χ4n) is 3.55. The van der Waals surface area contributed by atoms with Crippen LogP contribution in [0.4, 0.5) is 0 Å². The molecule has 21 heavy (non-hydrogen) atoms. The van der Waals surface area contributed by atoms with Gasteiger partial charge in [0.1, 0.15) is 0 Å². The van der Waals surface area contributed by atoms with Crippen molar-refractivity contribution in [1.29, 1.82) is 0 Å². The van der Waals surface area contributed by atoms with Crippen LogP contribution in [0.5, 0.6) is 0 Å². The molecule has 4 nitrogen and oxygen atoms in total. The van der Waals surface area contributed by atoms with Crippen LogP contribution in [0.15, 0.2) is 24.3 Å². The number of nitrogens with zero attached hydrogens (tertiary/aromatic N) is 1.